The molecule has 106 valence electrons. The summed E-state index contributed by atoms with van der Waals surface area (Å²) in [4.78, 5) is 4.27. The number of halogens is 3. The van der Waals surface area contributed by atoms with Crippen LogP contribution < -0.4 is 0 Å². The number of alkyl halides is 3. The van der Waals surface area contributed by atoms with Crippen molar-refractivity contribution in [3.8, 4) is 0 Å². The number of amidine groups is 1. The van der Waals surface area contributed by atoms with E-state index < -0.39 is 33.5 Å². The van der Waals surface area contributed by atoms with Crippen molar-refractivity contribution in [2.45, 2.75) is 17.9 Å². The zero-order valence-corrected chi connectivity index (χ0v) is 10.6. The Labute approximate surface area is 107 Å². The Morgan fingerprint density at radius 2 is 2.11 bits per heavy atom. The Bertz CT molecular complexity index is 579. The van der Waals surface area contributed by atoms with Crippen LogP contribution in [-0.4, -0.2) is 54.2 Å². The number of hydrogen-bond donors (Lipinski definition) is 1. The SMILES string of the molecule is CS(=O)(=O)C[C@H]1N2C=CC=CC2=N[C@]1(O)C(F)(F)F. The monoisotopic (exact) mass is 296 g/mol. The number of fused-ring (bicyclic) bond motifs is 1. The van der Waals surface area contributed by atoms with Crippen molar-refractivity contribution in [1.82, 2.24) is 4.90 Å². The van der Waals surface area contributed by atoms with Crippen LogP contribution in [-0.2, 0) is 9.84 Å². The Morgan fingerprint density at radius 1 is 1.47 bits per heavy atom. The molecule has 0 amide bonds. The molecule has 0 spiro atoms. The van der Waals surface area contributed by atoms with Gasteiger partial charge in [-0.25, -0.2) is 13.4 Å². The summed E-state index contributed by atoms with van der Waals surface area (Å²) in [5.41, 5.74) is -3.43. The quantitative estimate of drug-likeness (QED) is 0.803. The van der Waals surface area contributed by atoms with Crippen LogP contribution in [0.3, 0.4) is 0 Å². The predicted molar refractivity (Wildman–Crippen MR) is 62.1 cm³/mol. The third-order valence-corrected chi connectivity index (χ3v) is 3.75. The third-order valence-electron chi connectivity index (χ3n) is 2.83. The lowest BCUT2D eigenvalue weighted by molar-refractivity contribution is -0.264. The first-order chi connectivity index (χ1) is 8.55. The molecular formula is C10H11F3N2O3S. The molecule has 0 unspecified atom stereocenters. The lowest BCUT2D eigenvalue weighted by Crippen LogP contribution is -2.57. The normalized spacial score (nSPS) is 30.5. The second-order valence-corrected chi connectivity index (χ2v) is 6.59. The molecule has 0 aromatic rings. The molecule has 2 rings (SSSR count). The summed E-state index contributed by atoms with van der Waals surface area (Å²) in [6, 6.07) is -1.72. The summed E-state index contributed by atoms with van der Waals surface area (Å²) < 4.78 is 61.5. The summed E-state index contributed by atoms with van der Waals surface area (Å²) in [7, 11) is -3.72. The van der Waals surface area contributed by atoms with Crippen molar-refractivity contribution in [3.05, 3.63) is 24.4 Å². The van der Waals surface area contributed by atoms with Crippen LogP contribution in [0.15, 0.2) is 29.4 Å². The van der Waals surface area contributed by atoms with Gasteiger partial charge in [-0.15, -0.1) is 0 Å². The molecule has 0 saturated heterocycles. The van der Waals surface area contributed by atoms with Gasteiger partial charge < -0.3 is 10.0 Å². The smallest absolute Gasteiger partial charge is 0.360 e. The van der Waals surface area contributed by atoms with E-state index in [1.54, 1.807) is 0 Å². The van der Waals surface area contributed by atoms with Gasteiger partial charge in [0, 0.05) is 12.5 Å². The maximum absolute atomic E-state index is 13.0. The van der Waals surface area contributed by atoms with Crippen molar-refractivity contribution >= 4 is 15.7 Å². The molecule has 2 aliphatic heterocycles. The number of rotatable bonds is 2. The average Bonchev–Trinajstić information content (AvgIpc) is 2.51. The minimum absolute atomic E-state index is 0.115. The van der Waals surface area contributed by atoms with E-state index in [-0.39, 0.29) is 5.84 Å². The largest absolute Gasteiger partial charge is 0.440 e. The maximum atomic E-state index is 13.0. The van der Waals surface area contributed by atoms with E-state index in [0.29, 0.717) is 0 Å². The summed E-state index contributed by atoms with van der Waals surface area (Å²) >= 11 is 0. The minimum atomic E-state index is -5.06. The molecule has 19 heavy (non-hydrogen) atoms. The molecule has 0 aliphatic carbocycles. The van der Waals surface area contributed by atoms with Crippen LogP contribution in [0, 0.1) is 0 Å². The molecule has 0 aromatic heterocycles. The highest BCUT2D eigenvalue weighted by molar-refractivity contribution is 7.90. The number of sulfone groups is 1. The Hall–Kier alpha value is -1.35. The highest BCUT2D eigenvalue weighted by Crippen LogP contribution is 2.41. The van der Waals surface area contributed by atoms with Crippen molar-refractivity contribution in [3.63, 3.8) is 0 Å². The van der Waals surface area contributed by atoms with E-state index in [1.165, 1.54) is 24.4 Å². The van der Waals surface area contributed by atoms with Crippen molar-refractivity contribution in [2.24, 2.45) is 4.99 Å². The maximum Gasteiger partial charge on any atom is 0.440 e. The van der Waals surface area contributed by atoms with Gasteiger partial charge in [0.05, 0.1) is 5.75 Å². The van der Waals surface area contributed by atoms with Crippen LogP contribution in [0.5, 0.6) is 0 Å². The highest BCUT2D eigenvalue weighted by atomic mass is 32.2. The molecule has 0 bridgehead atoms. The van der Waals surface area contributed by atoms with Gasteiger partial charge in [0.2, 0.25) is 0 Å². The molecule has 0 saturated carbocycles. The fraction of sp³-hybridized carbons (Fsp3) is 0.500. The van der Waals surface area contributed by atoms with Crippen LogP contribution in [0.25, 0.3) is 0 Å². The Balaban J connectivity index is 2.49. The molecule has 0 aromatic carbocycles. The van der Waals surface area contributed by atoms with Crippen LogP contribution in [0.2, 0.25) is 0 Å². The topological polar surface area (TPSA) is 70.0 Å². The zero-order valence-electron chi connectivity index (χ0n) is 9.79. The lowest BCUT2D eigenvalue weighted by Gasteiger charge is -2.33. The standard InChI is InChI=1S/C10H11F3N2O3S/c1-19(17,18)6-7-9(16,10(11,12)13)14-8-4-2-3-5-15(7)8/h2-5,7,16H,6H2,1H3/t7-,9-/m1/s1. The van der Waals surface area contributed by atoms with E-state index in [1.807, 2.05) is 0 Å². The highest BCUT2D eigenvalue weighted by Gasteiger charge is 2.64. The van der Waals surface area contributed by atoms with Gasteiger partial charge >= 0.3 is 6.18 Å². The fourth-order valence-electron chi connectivity index (χ4n) is 1.98. The van der Waals surface area contributed by atoms with Crippen molar-refractivity contribution in [2.75, 3.05) is 12.0 Å². The molecule has 2 heterocycles. The second-order valence-electron chi connectivity index (χ2n) is 4.41. The van der Waals surface area contributed by atoms with E-state index in [9.17, 15) is 26.7 Å². The first-order valence-electron chi connectivity index (χ1n) is 5.24. The fourth-order valence-corrected chi connectivity index (χ4v) is 2.95. The summed E-state index contributed by atoms with van der Waals surface area (Å²) in [5.74, 6) is -0.968. The van der Waals surface area contributed by atoms with Gasteiger partial charge in [-0.1, -0.05) is 6.08 Å². The van der Waals surface area contributed by atoms with Gasteiger partial charge in [0.25, 0.3) is 5.72 Å². The number of nitrogens with zero attached hydrogens (tertiary/aromatic N) is 2. The Kier molecular flexibility index (Phi) is 3.01. The minimum Gasteiger partial charge on any atom is -0.360 e. The second kappa shape index (κ2) is 4.07. The average molecular weight is 296 g/mol. The van der Waals surface area contributed by atoms with Gasteiger partial charge in [0.15, 0.2) is 0 Å². The molecular weight excluding hydrogens is 285 g/mol. The van der Waals surface area contributed by atoms with Gasteiger partial charge in [0.1, 0.15) is 21.7 Å². The lowest BCUT2D eigenvalue weighted by atomic mass is 10.1. The number of aliphatic imine (C=N–C) groups is 1. The number of allylic oxidation sites excluding steroid dienone is 2. The predicted octanol–water partition coefficient (Wildman–Crippen LogP) is 0.448. The van der Waals surface area contributed by atoms with Gasteiger partial charge in [-0.2, -0.15) is 13.2 Å². The van der Waals surface area contributed by atoms with Crippen molar-refractivity contribution in [1.29, 1.82) is 0 Å². The Morgan fingerprint density at radius 3 is 2.63 bits per heavy atom. The molecule has 9 heteroatoms. The van der Waals surface area contributed by atoms with Gasteiger partial charge in [-0.05, 0) is 12.2 Å². The van der Waals surface area contributed by atoms with E-state index in [0.717, 1.165) is 11.2 Å². The zero-order chi connectivity index (χ0) is 14.5. The third kappa shape index (κ3) is 2.39. The number of aliphatic hydroxyl groups is 1. The van der Waals surface area contributed by atoms with Crippen LogP contribution >= 0.6 is 0 Å². The van der Waals surface area contributed by atoms with Crippen LogP contribution in [0.4, 0.5) is 13.2 Å². The van der Waals surface area contributed by atoms with Gasteiger partial charge in [-0.3, -0.25) is 0 Å². The molecule has 0 fully saturated rings. The molecule has 1 N–H and O–H groups in total. The van der Waals surface area contributed by atoms with Crippen molar-refractivity contribution < 1.29 is 26.7 Å². The van der Waals surface area contributed by atoms with E-state index in [4.69, 9.17) is 0 Å². The molecule has 2 atom stereocenters. The molecule has 5 nitrogen and oxygen atoms in total. The van der Waals surface area contributed by atoms with E-state index >= 15 is 0 Å². The first kappa shape index (κ1) is 14.1. The molecule has 2 aliphatic rings. The summed E-state index contributed by atoms with van der Waals surface area (Å²) in [5, 5.41) is 9.80. The summed E-state index contributed by atoms with van der Waals surface area (Å²) in [6.45, 7) is 0. The molecule has 0 radical (unpaired) electrons. The van der Waals surface area contributed by atoms with Crippen LogP contribution in [0.1, 0.15) is 0 Å². The van der Waals surface area contributed by atoms with E-state index in [2.05, 4.69) is 4.99 Å². The first-order valence-corrected chi connectivity index (χ1v) is 7.30. The summed E-state index contributed by atoms with van der Waals surface area (Å²) in [6.07, 6.45) is 1.18. The number of hydrogen-bond acceptors (Lipinski definition) is 5.